The summed E-state index contributed by atoms with van der Waals surface area (Å²) >= 11 is 5.46. The molecular formula is C19H28I2. The molecule has 0 heterocycles. The summed E-state index contributed by atoms with van der Waals surface area (Å²) in [7, 11) is 0. The Hall–Kier alpha value is 1.20. The minimum Gasteiger partial charge on any atom is -0.0844 e. The van der Waals surface area contributed by atoms with E-state index in [0.717, 1.165) is 25.6 Å². The number of alkyl halides is 2. The molecule has 0 aromatic rings. The molecule has 0 aliphatic heterocycles. The van der Waals surface area contributed by atoms with Gasteiger partial charge < -0.3 is 0 Å². The molecule has 21 heavy (non-hydrogen) atoms. The zero-order valence-corrected chi connectivity index (χ0v) is 17.7. The van der Waals surface area contributed by atoms with Crippen LogP contribution in [0.2, 0.25) is 0 Å². The Labute approximate surface area is 157 Å². The second-order valence-electron chi connectivity index (χ2n) is 8.69. The lowest BCUT2D eigenvalue weighted by molar-refractivity contribution is -0.0212. The molecule has 0 nitrogen and oxygen atoms in total. The molecule has 7 unspecified atom stereocenters. The van der Waals surface area contributed by atoms with Gasteiger partial charge in [-0.2, -0.15) is 0 Å². The first-order valence-corrected chi connectivity index (χ1v) is 11.4. The van der Waals surface area contributed by atoms with Crippen LogP contribution in [-0.2, 0) is 0 Å². The standard InChI is InChI=1S/C19H28I2/c1-18-9-7-13(20)11-12(18)3-4-14-15-5-6-17(21)19(15,2)10-8-16(14)18/h3,13-17H,4-11H2,1-2H3. The number of rotatable bonds is 0. The molecule has 0 spiro atoms. The van der Waals surface area contributed by atoms with Gasteiger partial charge in [-0.15, -0.1) is 0 Å². The van der Waals surface area contributed by atoms with Gasteiger partial charge in [0.1, 0.15) is 0 Å². The van der Waals surface area contributed by atoms with Crippen LogP contribution >= 0.6 is 45.2 Å². The molecule has 7 atom stereocenters. The van der Waals surface area contributed by atoms with Gasteiger partial charge in [0.15, 0.2) is 0 Å². The smallest absolute Gasteiger partial charge is 0.0166 e. The summed E-state index contributed by atoms with van der Waals surface area (Å²) < 4.78 is 1.84. The van der Waals surface area contributed by atoms with Gasteiger partial charge in [0.05, 0.1) is 0 Å². The van der Waals surface area contributed by atoms with Gasteiger partial charge >= 0.3 is 0 Å². The van der Waals surface area contributed by atoms with Crippen molar-refractivity contribution < 1.29 is 0 Å². The molecule has 0 bridgehead atoms. The fourth-order valence-electron chi connectivity index (χ4n) is 6.55. The SMILES string of the molecule is CC12CCC(I)CC1=CCC1C2CCC2(C)C(I)CCC12. The first-order chi connectivity index (χ1) is 9.95. The van der Waals surface area contributed by atoms with Gasteiger partial charge in [0, 0.05) is 7.85 Å². The second kappa shape index (κ2) is 5.35. The number of hydrogen-bond acceptors (Lipinski definition) is 0. The molecule has 2 heteroatoms. The van der Waals surface area contributed by atoms with Crippen LogP contribution in [-0.4, -0.2) is 7.85 Å². The highest BCUT2D eigenvalue weighted by Gasteiger charge is 2.57. The first kappa shape index (κ1) is 15.7. The Morgan fingerprint density at radius 3 is 2.62 bits per heavy atom. The van der Waals surface area contributed by atoms with Gasteiger partial charge in [0.25, 0.3) is 0 Å². The highest BCUT2D eigenvalue weighted by molar-refractivity contribution is 14.1. The number of hydrogen-bond donors (Lipinski definition) is 0. The Morgan fingerprint density at radius 1 is 1.00 bits per heavy atom. The van der Waals surface area contributed by atoms with Gasteiger partial charge in [-0.25, -0.2) is 0 Å². The third-order valence-electron chi connectivity index (χ3n) is 7.93. The maximum atomic E-state index is 2.77. The molecule has 0 N–H and O–H groups in total. The van der Waals surface area contributed by atoms with Crippen molar-refractivity contribution in [1.82, 2.24) is 0 Å². The lowest BCUT2D eigenvalue weighted by Gasteiger charge is -2.57. The van der Waals surface area contributed by atoms with Crippen LogP contribution in [0.4, 0.5) is 0 Å². The van der Waals surface area contributed by atoms with E-state index in [9.17, 15) is 0 Å². The fourth-order valence-corrected chi connectivity index (χ4v) is 8.47. The molecule has 118 valence electrons. The van der Waals surface area contributed by atoms with E-state index in [1.807, 2.05) is 5.57 Å². The minimum absolute atomic E-state index is 0.565. The molecule has 0 aromatic carbocycles. The van der Waals surface area contributed by atoms with E-state index in [0.29, 0.717) is 10.8 Å². The van der Waals surface area contributed by atoms with Crippen LogP contribution in [0.25, 0.3) is 0 Å². The average Bonchev–Trinajstić information content (AvgIpc) is 2.76. The van der Waals surface area contributed by atoms with Crippen LogP contribution in [0, 0.1) is 28.6 Å². The molecule has 0 radical (unpaired) electrons. The van der Waals surface area contributed by atoms with E-state index in [-0.39, 0.29) is 0 Å². The minimum atomic E-state index is 0.565. The summed E-state index contributed by atoms with van der Waals surface area (Å²) in [6.45, 7) is 5.26. The molecular weight excluding hydrogens is 482 g/mol. The summed E-state index contributed by atoms with van der Waals surface area (Å²) in [5, 5.41) is 0. The monoisotopic (exact) mass is 510 g/mol. The van der Waals surface area contributed by atoms with Crippen LogP contribution in [0.15, 0.2) is 11.6 Å². The van der Waals surface area contributed by atoms with Crippen LogP contribution in [0.3, 0.4) is 0 Å². The Bertz CT molecular complexity index is 470. The number of halogens is 2. The van der Waals surface area contributed by atoms with Crippen LogP contribution in [0.1, 0.15) is 65.2 Å². The fraction of sp³-hybridized carbons (Fsp3) is 0.895. The van der Waals surface area contributed by atoms with Crippen molar-refractivity contribution in [1.29, 1.82) is 0 Å². The Balaban J connectivity index is 1.68. The van der Waals surface area contributed by atoms with E-state index in [4.69, 9.17) is 0 Å². The molecule has 4 aliphatic carbocycles. The van der Waals surface area contributed by atoms with Crippen molar-refractivity contribution in [3.63, 3.8) is 0 Å². The van der Waals surface area contributed by atoms with Crippen molar-refractivity contribution in [2.24, 2.45) is 28.6 Å². The van der Waals surface area contributed by atoms with Crippen molar-refractivity contribution in [2.75, 3.05) is 0 Å². The topological polar surface area (TPSA) is 0 Å². The van der Waals surface area contributed by atoms with Crippen molar-refractivity contribution in [2.45, 2.75) is 73.1 Å². The van der Waals surface area contributed by atoms with Crippen molar-refractivity contribution >= 4 is 45.2 Å². The lowest BCUT2D eigenvalue weighted by Crippen LogP contribution is -2.50. The molecule has 0 amide bonds. The zero-order valence-electron chi connectivity index (χ0n) is 13.4. The summed E-state index contributed by atoms with van der Waals surface area (Å²) in [5.74, 6) is 3.02. The van der Waals surface area contributed by atoms with E-state index in [1.165, 1.54) is 51.4 Å². The molecule has 3 saturated carbocycles. The van der Waals surface area contributed by atoms with Crippen molar-refractivity contribution in [3.8, 4) is 0 Å². The van der Waals surface area contributed by atoms with E-state index >= 15 is 0 Å². The highest BCUT2D eigenvalue weighted by atomic mass is 127. The number of fused-ring (bicyclic) bond motifs is 5. The largest absolute Gasteiger partial charge is 0.0844 e. The maximum absolute atomic E-state index is 2.77. The summed E-state index contributed by atoms with van der Waals surface area (Å²) in [6.07, 6.45) is 14.4. The van der Waals surface area contributed by atoms with Gasteiger partial charge in [-0.1, -0.05) is 70.7 Å². The molecule has 0 saturated heterocycles. The second-order valence-corrected chi connectivity index (χ2v) is 12.0. The summed E-state index contributed by atoms with van der Waals surface area (Å²) in [6, 6.07) is 0. The molecule has 4 rings (SSSR count). The predicted molar refractivity (Wildman–Crippen MR) is 107 cm³/mol. The van der Waals surface area contributed by atoms with Gasteiger partial charge in [0.2, 0.25) is 0 Å². The third-order valence-corrected chi connectivity index (χ3v) is 11.0. The van der Waals surface area contributed by atoms with Crippen LogP contribution < -0.4 is 0 Å². The van der Waals surface area contributed by atoms with Crippen LogP contribution in [0.5, 0.6) is 0 Å². The van der Waals surface area contributed by atoms with Gasteiger partial charge in [-0.3, -0.25) is 0 Å². The maximum Gasteiger partial charge on any atom is 0.0166 e. The normalized spacial score (nSPS) is 56.2. The summed E-state index contributed by atoms with van der Waals surface area (Å²) in [5.41, 5.74) is 3.07. The van der Waals surface area contributed by atoms with E-state index < -0.39 is 0 Å². The van der Waals surface area contributed by atoms with E-state index in [1.54, 1.807) is 0 Å². The van der Waals surface area contributed by atoms with E-state index in [2.05, 4.69) is 65.1 Å². The predicted octanol–water partition coefficient (Wildman–Crippen LogP) is 6.56. The van der Waals surface area contributed by atoms with Gasteiger partial charge in [-0.05, 0) is 80.0 Å². The number of allylic oxidation sites excluding steroid dienone is 2. The van der Waals surface area contributed by atoms with Crippen molar-refractivity contribution in [3.05, 3.63) is 11.6 Å². The Morgan fingerprint density at radius 2 is 1.81 bits per heavy atom. The summed E-state index contributed by atoms with van der Waals surface area (Å²) in [4.78, 5) is 0. The lowest BCUT2D eigenvalue weighted by atomic mass is 9.48. The zero-order chi connectivity index (χ0) is 14.8. The average molecular weight is 510 g/mol. The third kappa shape index (κ3) is 2.23. The quantitative estimate of drug-likeness (QED) is 0.197. The highest BCUT2D eigenvalue weighted by Crippen LogP contribution is 2.66. The Kier molecular flexibility index (Phi) is 4.00. The molecule has 4 aliphatic rings. The molecule has 3 fully saturated rings. The first-order valence-electron chi connectivity index (χ1n) is 8.93. The molecule has 0 aromatic heterocycles.